The number of carbonyl (C=O) groups is 1. The Bertz CT molecular complexity index is 727. The fourth-order valence-corrected chi connectivity index (χ4v) is 5.52. The molecule has 322 valence electrons. The van der Waals surface area contributed by atoms with Crippen molar-refractivity contribution in [2.24, 2.45) is 0 Å². The fourth-order valence-electron chi connectivity index (χ4n) is 5.52. The number of rotatable bonds is 45. The molecule has 54 heavy (non-hydrogen) atoms. The van der Waals surface area contributed by atoms with Gasteiger partial charge < -0.3 is 56.8 Å². The molecular weight excluding hydrogens is 700 g/mol. The molecule has 1 saturated heterocycles. The van der Waals surface area contributed by atoms with E-state index in [-0.39, 0.29) is 12.3 Å². The summed E-state index contributed by atoms with van der Waals surface area (Å²) >= 11 is 0. The Labute approximate surface area is 328 Å². The lowest BCUT2D eigenvalue weighted by molar-refractivity contribution is -0.169. The van der Waals surface area contributed by atoms with Gasteiger partial charge in [-0.3, -0.25) is 4.79 Å². The molecule has 0 aromatic carbocycles. The van der Waals surface area contributed by atoms with Gasteiger partial charge in [-0.2, -0.15) is 0 Å². The van der Waals surface area contributed by atoms with Crippen molar-refractivity contribution < 1.29 is 61.6 Å². The quantitative estimate of drug-likeness (QED) is 0.0481. The zero-order valence-electron chi connectivity index (χ0n) is 34.3. The Hall–Kier alpha value is -0.970. The topological polar surface area (TPSA) is 128 Å². The molecule has 1 unspecified atom stereocenters. The van der Waals surface area contributed by atoms with Crippen LogP contribution in [-0.2, 0) is 61.6 Å². The van der Waals surface area contributed by atoms with E-state index in [0.29, 0.717) is 139 Å². The molecule has 1 aliphatic rings. The minimum absolute atomic E-state index is 0.0678. The molecule has 13 nitrogen and oxygen atoms in total. The first-order chi connectivity index (χ1) is 26.8. The molecule has 1 aliphatic heterocycles. The lowest BCUT2D eigenvalue weighted by atomic mass is 10.0. The summed E-state index contributed by atoms with van der Waals surface area (Å²) in [7, 11) is 0. The van der Waals surface area contributed by atoms with Crippen LogP contribution in [-0.4, -0.2) is 151 Å². The van der Waals surface area contributed by atoms with Crippen molar-refractivity contribution in [1.82, 2.24) is 0 Å². The van der Waals surface area contributed by atoms with E-state index in [2.05, 4.69) is 6.92 Å². The third-order valence-electron chi connectivity index (χ3n) is 8.62. The number of esters is 1. The average Bonchev–Trinajstić information content (AvgIpc) is 3.19. The van der Waals surface area contributed by atoms with Gasteiger partial charge in [-0.25, -0.2) is 0 Å². The Balaban J connectivity index is 1.62. The van der Waals surface area contributed by atoms with Gasteiger partial charge in [-0.05, 0) is 25.7 Å². The minimum Gasteiger partial charge on any atom is -0.463 e. The van der Waals surface area contributed by atoms with Crippen LogP contribution in [0.4, 0.5) is 0 Å². The zero-order chi connectivity index (χ0) is 38.5. The smallest absolute Gasteiger partial charge is 0.305 e. The Kier molecular flexibility index (Phi) is 42.3. The lowest BCUT2D eigenvalue weighted by Gasteiger charge is -2.22. The highest BCUT2D eigenvalue weighted by Crippen LogP contribution is 2.14. The Morgan fingerprint density at radius 3 is 1.11 bits per heavy atom. The first-order valence-corrected chi connectivity index (χ1v) is 21.4. The van der Waals surface area contributed by atoms with Crippen molar-refractivity contribution in [3.63, 3.8) is 0 Å². The van der Waals surface area contributed by atoms with Gasteiger partial charge in [0.2, 0.25) is 0 Å². The molecule has 0 saturated carbocycles. The third-order valence-corrected chi connectivity index (χ3v) is 8.62. The van der Waals surface area contributed by atoms with Crippen LogP contribution in [0.3, 0.4) is 0 Å². The Morgan fingerprint density at radius 1 is 0.426 bits per heavy atom. The average molecular weight is 781 g/mol. The van der Waals surface area contributed by atoms with E-state index in [9.17, 15) is 4.79 Å². The highest BCUT2D eigenvalue weighted by atomic mass is 16.7. The van der Waals surface area contributed by atoms with Crippen molar-refractivity contribution in [3.05, 3.63) is 0 Å². The summed E-state index contributed by atoms with van der Waals surface area (Å²) in [6, 6.07) is 0. The normalized spacial score (nSPS) is 14.6. The van der Waals surface area contributed by atoms with Gasteiger partial charge in [0.05, 0.1) is 126 Å². The van der Waals surface area contributed by atoms with Crippen molar-refractivity contribution in [2.75, 3.05) is 139 Å². The highest BCUT2D eigenvalue weighted by molar-refractivity contribution is 5.69. The van der Waals surface area contributed by atoms with Crippen LogP contribution < -0.4 is 0 Å². The predicted molar refractivity (Wildman–Crippen MR) is 208 cm³/mol. The van der Waals surface area contributed by atoms with Gasteiger partial charge in [-0.1, -0.05) is 84.0 Å². The van der Waals surface area contributed by atoms with Crippen LogP contribution in [0.5, 0.6) is 0 Å². The third kappa shape index (κ3) is 40.7. The summed E-state index contributed by atoms with van der Waals surface area (Å²) in [5, 5.41) is 0. The minimum atomic E-state index is -0.131. The van der Waals surface area contributed by atoms with E-state index in [1.807, 2.05) is 0 Å². The number of carbonyl (C=O) groups excluding carboxylic acids is 1. The van der Waals surface area contributed by atoms with Crippen LogP contribution in [0.25, 0.3) is 0 Å². The number of ether oxygens (including phenoxy) is 12. The largest absolute Gasteiger partial charge is 0.463 e. The van der Waals surface area contributed by atoms with Gasteiger partial charge in [0.15, 0.2) is 6.29 Å². The van der Waals surface area contributed by atoms with Gasteiger partial charge in [0.25, 0.3) is 0 Å². The zero-order valence-corrected chi connectivity index (χ0v) is 34.3. The first-order valence-electron chi connectivity index (χ1n) is 21.4. The molecule has 0 aromatic rings. The first kappa shape index (κ1) is 51.0. The molecule has 0 aliphatic carbocycles. The maximum atomic E-state index is 11.9. The number of hydrogen-bond donors (Lipinski definition) is 0. The number of unbranched alkanes of at least 4 members (excludes halogenated alkanes) is 12. The van der Waals surface area contributed by atoms with E-state index in [1.54, 1.807) is 0 Å². The molecule has 0 N–H and O–H groups in total. The summed E-state index contributed by atoms with van der Waals surface area (Å²) < 4.78 is 65.9. The van der Waals surface area contributed by atoms with E-state index >= 15 is 0 Å². The van der Waals surface area contributed by atoms with E-state index < -0.39 is 0 Å². The molecule has 0 aromatic heterocycles. The van der Waals surface area contributed by atoms with Crippen LogP contribution in [0, 0.1) is 0 Å². The molecule has 13 heteroatoms. The summed E-state index contributed by atoms with van der Waals surface area (Å²) in [4.78, 5) is 11.9. The van der Waals surface area contributed by atoms with Crippen molar-refractivity contribution >= 4 is 5.97 Å². The molecule has 1 rings (SSSR count). The molecule has 1 heterocycles. The maximum absolute atomic E-state index is 11.9. The van der Waals surface area contributed by atoms with E-state index in [1.165, 1.54) is 70.6 Å². The lowest BCUT2D eigenvalue weighted by Crippen LogP contribution is -2.24. The van der Waals surface area contributed by atoms with Gasteiger partial charge in [0.1, 0.15) is 6.61 Å². The molecule has 0 bridgehead atoms. The molecule has 1 fully saturated rings. The van der Waals surface area contributed by atoms with Gasteiger partial charge >= 0.3 is 5.97 Å². The van der Waals surface area contributed by atoms with Crippen molar-refractivity contribution in [2.45, 2.75) is 122 Å². The number of hydrogen-bond acceptors (Lipinski definition) is 13. The van der Waals surface area contributed by atoms with Crippen molar-refractivity contribution in [1.29, 1.82) is 0 Å². The van der Waals surface area contributed by atoms with Crippen LogP contribution >= 0.6 is 0 Å². The second-order valence-electron chi connectivity index (χ2n) is 13.4. The highest BCUT2D eigenvalue weighted by Gasteiger charge is 2.13. The standard InChI is InChI=1S/C41H80O13/c1-2-3-4-5-6-7-8-9-10-11-12-13-14-17-40(42)52-38-36-50-34-32-48-30-28-46-26-24-44-22-20-43-21-23-45-25-27-47-29-31-49-33-35-51-37-39-54-41-18-15-16-19-53-41/h41H,2-39H2,1H3. The van der Waals surface area contributed by atoms with E-state index in [4.69, 9.17) is 56.8 Å². The van der Waals surface area contributed by atoms with Crippen LogP contribution in [0.2, 0.25) is 0 Å². The van der Waals surface area contributed by atoms with Crippen LogP contribution in [0.1, 0.15) is 116 Å². The molecule has 0 spiro atoms. The van der Waals surface area contributed by atoms with Crippen molar-refractivity contribution in [3.8, 4) is 0 Å². The summed E-state index contributed by atoms with van der Waals surface area (Å²) in [6.07, 6.45) is 20.5. The van der Waals surface area contributed by atoms with Gasteiger partial charge in [-0.15, -0.1) is 0 Å². The monoisotopic (exact) mass is 781 g/mol. The molecule has 0 radical (unpaired) electrons. The van der Waals surface area contributed by atoms with Gasteiger partial charge in [0, 0.05) is 13.0 Å². The van der Waals surface area contributed by atoms with Crippen LogP contribution in [0.15, 0.2) is 0 Å². The van der Waals surface area contributed by atoms with E-state index in [0.717, 1.165) is 38.7 Å². The SMILES string of the molecule is CCCCCCCCCCCCCCCC(=O)OCCOCCOCCOCCOCCOCCOCCOCCOCCOCCOC1CCCCO1. The fraction of sp³-hybridized carbons (Fsp3) is 0.976. The second kappa shape index (κ2) is 44.7. The second-order valence-corrected chi connectivity index (χ2v) is 13.4. The predicted octanol–water partition coefficient (Wildman–Crippen LogP) is 6.70. The molecule has 1 atom stereocenters. The Morgan fingerprint density at radius 2 is 0.759 bits per heavy atom. The molecular formula is C41H80O13. The summed E-state index contributed by atoms with van der Waals surface area (Å²) in [6.45, 7) is 12.9. The summed E-state index contributed by atoms with van der Waals surface area (Å²) in [5.41, 5.74) is 0. The maximum Gasteiger partial charge on any atom is 0.305 e. The summed E-state index contributed by atoms with van der Waals surface area (Å²) in [5.74, 6) is -0.131. The molecule has 0 amide bonds.